The molecule has 0 saturated carbocycles. The van der Waals surface area contributed by atoms with Crippen LogP contribution in [0.4, 0.5) is 0 Å². The summed E-state index contributed by atoms with van der Waals surface area (Å²) in [5, 5.41) is 31.9. The van der Waals surface area contributed by atoms with Gasteiger partial charge in [-0.05, 0) is 71.6 Å². The normalized spacial score (nSPS) is 20.7. The monoisotopic (exact) mass is 490 g/mol. The summed E-state index contributed by atoms with van der Waals surface area (Å²) in [6.07, 6.45) is 8.88. The molecule has 190 valence electrons. The molecule has 36 heavy (non-hydrogen) atoms. The fourth-order valence-electron chi connectivity index (χ4n) is 4.70. The van der Waals surface area contributed by atoms with Crippen LogP contribution in [0.15, 0.2) is 53.6 Å². The van der Waals surface area contributed by atoms with E-state index < -0.39 is 11.7 Å². The highest BCUT2D eigenvalue weighted by molar-refractivity contribution is 6.03. The summed E-state index contributed by atoms with van der Waals surface area (Å²) in [6, 6.07) is 4.72. The molecule has 2 aromatic rings. The van der Waals surface area contributed by atoms with Crippen molar-refractivity contribution >= 4 is 5.78 Å². The van der Waals surface area contributed by atoms with Gasteiger partial charge in [0.05, 0.1) is 6.42 Å². The molecular weight excluding hydrogens is 456 g/mol. The van der Waals surface area contributed by atoms with E-state index in [1.54, 1.807) is 12.1 Å². The highest BCUT2D eigenvalue weighted by Gasteiger charge is 2.37. The summed E-state index contributed by atoms with van der Waals surface area (Å²) in [5.74, 6) is -0.0247. The van der Waals surface area contributed by atoms with Gasteiger partial charge in [-0.25, -0.2) is 0 Å². The van der Waals surface area contributed by atoms with Gasteiger partial charge in [-0.2, -0.15) is 0 Å². The SMILES string of the molecule is CC(C)=C/C=C/[C@@]1(C)CCc2c([C@@H]3CC(=O)c4c(cc(O)c(CC=C(C)C)c4O)O3)ccc(O)c2O1. The number of phenols is 3. The van der Waals surface area contributed by atoms with Crippen molar-refractivity contribution in [2.45, 2.75) is 72.0 Å². The Hall–Kier alpha value is -3.67. The molecule has 0 aliphatic carbocycles. The molecule has 0 fully saturated rings. The van der Waals surface area contributed by atoms with Gasteiger partial charge in [0.15, 0.2) is 17.3 Å². The fraction of sp³-hybridized carbons (Fsp3) is 0.367. The molecule has 0 saturated heterocycles. The Kier molecular flexibility index (Phi) is 6.90. The van der Waals surface area contributed by atoms with E-state index in [1.165, 1.54) is 11.6 Å². The van der Waals surface area contributed by atoms with Gasteiger partial charge in [0, 0.05) is 17.2 Å². The number of fused-ring (bicyclic) bond motifs is 2. The Balaban J connectivity index is 1.67. The minimum Gasteiger partial charge on any atom is -0.507 e. The maximum absolute atomic E-state index is 13.2. The van der Waals surface area contributed by atoms with Gasteiger partial charge in [-0.15, -0.1) is 0 Å². The summed E-state index contributed by atoms with van der Waals surface area (Å²) in [6.45, 7) is 9.88. The molecule has 0 spiro atoms. The molecule has 2 aromatic carbocycles. The van der Waals surface area contributed by atoms with Gasteiger partial charge in [-0.3, -0.25) is 4.79 Å². The van der Waals surface area contributed by atoms with E-state index >= 15 is 0 Å². The molecule has 6 heteroatoms. The van der Waals surface area contributed by atoms with Crippen LogP contribution >= 0.6 is 0 Å². The molecule has 3 N–H and O–H groups in total. The number of Topliss-reactive ketones (excluding diaryl/α,β-unsaturated/α-hetero) is 1. The number of carbonyl (C=O) groups is 1. The van der Waals surface area contributed by atoms with Crippen molar-refractivity contribution < 1.29 is 29.6 Å². The average molecular weight is 491 g/mol. The van der Waals surface area contributed by atoms with E-state index in [2.05, 4.69) is 0 Å². The van der Waals surface area contributed by atoms with Gasteiger partial charge in [0.25, 0.3) is 0 Å². The molecule has 6 nitrogen and oxygen atoms in total. The summed E-state index contributed by atoms with van der Waals surface area (Å²) >= 11 is 0. The molecule has 0 bridgehead atoms. The number of ether oxygens (including phenoxy) is 2. The van der Waals surface area contributed by atoms with Crippen molar-refractivity contribution in [2.75, 3.05) is 0 Å². The van der Waals surface area contributed by atoms with Crippen LogP contribution in [0, 0.1) is 0 Å². The Bertz CT molecular complexity index is 1290. The molecule has 4 rings (SSSR count). The lowest BCUT2D eigenvalue weighted by atomic mass is 9.85. The second kappa shape index (κ2) is 9.76. The van der Waals surface area contributed by atoms with Crippen LogP contribution in [0.3, 0.4) is 0 Å². The fourth-order valence-corrected chi connectivity index (χ4v) is 4.70. The van der Waals surface area contributed by atoms with Crippen molar-refractivity contribution in [3.05, 3.63) is 75.9 Å². The van der Waals surface area contributed by atoms with Crippen molar-refractivity contribution in [2.24, 2.45) is 0 Å². The first-order valence-corrected chi connectivity index (χ1v) is 12.3. The Morgan fingerprint density at radius 1 is 1.11 bits per heavy atom. The Morgan fingerprint density at radius 2 is 1.86 bits per heavy atom. The lowest BCUT2D eigenvalue weighted by Gasteiger charge is -2.36. The predicted octanol–water partition coefficient (Wildman–Crippen LogP) is 6.62. The minimum atomic E-state index is -0.629. The number of allylic oxidation sites excluding steroid dienone is 5. The molecule has 0 amide bonds. The summed E-state index contributed by atoms with van der Waals surface area (Å²) < 4.78 is 12.4. The zero-order valence-corrected chi connectivity index (χ0v) is 21.5. The number of benzene rings is 2. The van der Waals surface area contributed by atoms with Gasteiger partial charge in [-0.1, -0.05) is 35.4 Å². The van der Waals surface area contributed by atoms with Gasteiger partial charge >= 0.3 is 0 Å². The Labute approximate surface area is 212 Å². The molecule has 2 aliphatic heterocycles. The molecule has 0 aromatic heterocycles. The number of carbonyl (C=O) groups excluding carboxylic acids is 1. The van der Waals surface area contributed by atoms with Crippen molar-refractivity contribution in [3.63, 3.8) is 0 Å². The van der Waals surface area contributed by atoms with E-state index in [0.29, 0.717) is 30.6 Å². The third-order valence-corrected chi connectivity index (χ3v) is 6.69. The molecule has 0 unspecified atom stereocenters. The van der Waals surface area contributed by atoms with Crippen LogP contribution in [-0.2, 0) is 12.8 Å². The smallest absolute Gasteiger partial charge is 0.174 e. The van der Waals surface area contributed by atoms with Crippen LogP contribution in [0.1, 0.15) is 80.6 Å². The lowest BCUT2D eigenvalue weighted by Crippen LogP contribution is -2.35. The van der Waals surface area contributed by atoms with Gasteiger partial charge < -0.3 is 24.8 Å². The first-order chi connectivity index (χ1) is 17.0. The van der Waals surface area contributed by atoms with Crippen molar-refractivity contribution in [1.82, 2.24) is 0 Å². The van der Waals surface area contributed by atoms with E-state index in [1.807, 2.05) is 58.9 Å². The van der Waals surface area contributed by atoms with Crippen molar-refractivity contribution in [1.29, 1.82) is 0 Å². The summed E-state index contributed by atoms with van der Waals surface area (Å²) in [7, 11) is 0. The zero-order chi connectivity index (χ0) is 26.2. The predicted molar refractivity (Wildman–Crippen MR) is 139 cm³/mol. The van der Waals surface area contributed by atoms with E-state index in [4.69, 9.17) is 9.47 Å². The molecule has 2 atom stereocenters. The van der Waals surface area contributed by atoms with Gasteiger partial charge in [0.1, 0.15) is 34.5 Å². The number of phenolic OH excluding ortho intramolecular Hbond substituents is 3. The number of hydrogen-bond acceptors (Lipinski definition) is 6. The highest BCUT2D eigenvalue weighted by Crippen LogP contribution is 2.48. The molecule has 0 radical (unpaired) electrons. The Morgan fingerprint density at radius 3 is 2.56 bits per heavy atom. The number of hydrogen-bond donors (Lipinski definition) is 3. The van der Waals surface area contributed by atoms with Crippen LogP contribution in [0.25, 0.3) is 0 Å². The standard InChI is InChI=1S/C30H34O6/c1-17(2)7-6-13-30(5)14-12-20-19(10-11-22(31)29(20)36-30)25-16-24(33)27-26(35-25)15-23(32)21(28(27)34)9-8-18(3)4/h6-8,10-11,13,15,25,31-32,34H,9,12,14,16H2,1-5H3/b13-6+/t25-,30-/m0/s1. The minimum absolute atomic E-state index is 0.0301. The number of ketones is 1. The van der Waals surface area contributed by atoms with E-state index in [-0.39, 0.29) is 40.8 Å². The molecule has 2 heterocycles. The lowest BCUT2D eigenvalue weighted by molar-refractivity contribution is 0.0830. The van der Waals surface area contributed by atoms with Crippen LogP contribution in [-0.4, -0.2) is 26.7 Å². The third kappa shape index (κ3) is 4.99. The maximum Gasteiger partial charge on any atom is 0.174 e. The van der Waals surface area contributed by atoms with Crippen LogP contribution < -0.4 is 9.47 Å². The summed E-state index contributed by atoms with van der Waals surface area (Å²) in [5.41, 5.74) is 3.60. The zero-order valence-electron chi connectivity index (χ0n) is 21.5. The highest BCUT2D eigenvalue weighted by atomic mass is 16.5. The van der Waals surface area contributed by atoms with Gasteiger partial charge in [0.2, 0.25) is 0 Å². The molecular formula is C30H34O6. The maximum atomic E-state index is 13.2. The van der Waals surface area contributed by atoms with Crippen LogP contribution in [0.5, 0.6) is 28.7 Å². The topological polar surface area (TPSA) is 96.2 Å². The number of rotatable bonds is 5. The quantitative estimate of drug-likeness (QED) is 0.322. The average Bonchev–Trinajstić information content (AvgIpc) is 2.78. The first-order valence-electron chi connectivity index (χ1n) is 12.3. The second-order valence-electron chi connectivity index (χ2n) is 10.3. The number of aromatic hydroxyl groups is 3. The first kappa shape index (κ1) is 25.4. The summed E-state index contributed by atoms with van der Waals surface area (Å²) in [4.78, 5) is 13.2. The second-order valence-corrected chi connectivity index (χ2v) is 10.3. The van der Waals surface area contributed by atoms with E-state index in [9.17, 15) is 20.1 Å². The van der Waals surface area contributed by atoms with E-state index in [0.717, 1.165) is 16.7 Å². The largest absolute Gasteiger partial charge is 0.507 e. The van der Waals surface area contributed by atoms with Crippen LogP contribution in [0.2, 0.25) is 0 Å². The molecule has 2 aliphatic rings. The third-order valence-electron chi connectivity index (χ3n) is 6.69. The van der Waals surface area contributed by atoms with Crippen molar-refractivity contribution in [3.8, 4) is 28.7 Å².